The Hall–Kier alpha value is -1.88. The van der Waals surface area contributed by atoms with E-state index in [0.717, 1.165) is 0 Å². The highest BCUT2D eigenvalue weighted by atomic mass is 32.2. The molecule has 0 aromatic carbocycles. The van der Waals surface area contributed by atoms with Crippen molar-refractivity contribution in [3.8, 4) is 6.19 Å². The summed E-state index contributed by atoms with van der Waals surface area (Å²) in [4.78, 5) is 7.80. The fourth-order valence-corrected chi connectivity index (χ4v) is 3.35. The smallest absolute Gasteiger partial charge is 0.182 e. The summed E-state index contributed by atoms with van der Waals surface area (Å²) < 4.78 is 22.5. The largest absolute Gasteiger partial charge is 0.366 e. The second-order valence-electron chi connectivity index (χ2n) is 3.77. The molecule has 90 valence electrons. The van der Waals surface area contributed by atoms with Crippen molar-refractivity contribution in [2.75, 3.05) is 22.1 Å². The van der Waals surface area contributed by atoms with E-state index in [-0.39, 0.29) is 17.5 Å². The van der Waals surface area contributed by atoms with Gasteiger partial charge in [0.25, 0.3) is 0 Å². The summed E-state index contributed by atoms with van der Waals surface area (Å²) in [6, 6.07) is 1.44. The Kier molecular flexibility index (Phi) is 3.10. The molecule has 1 atom stereocenters. The molecular weight excluding hydrogens is 242 g/mol. The van der Waals surface area contributed by atoms with Crippen molar-refractivity contribution >= 4 is 21.5 Å². The van der Waals surface area contributed by atoms with Gasteiger partial charge in [0, 0.05) is 12.1 Å². The minimum Gasteiger partial charge on any atom is -0.366 e. The molecule has 1 fully saturated rings. The summed E-state index contributed by atoms with van der Waals surface area (Å²) in [6.07, 6.45) is 3.64. The van der Waals surface area contributed by atoms with Crippen LogP contribution in [0.3, 0.4) is 0 Å². The van der Waals surface area contributed by atoms with Gasteiger partial charge in [0.2, 0.25) is 0 Å². The van der Waals surface area contributed by atoms with E-state index in [0.29, 0.717) is 18.1 Å². The molecular formula is C9H11N5O2S. The maximum atomic E-state index is 11.3. The second kappa shape index (κ2) is 4.55. The Morgan fingerprint density at radius 1 is 1.41 bits per heavy atom. The van der Waals surface area contributed by atoms with Crippen LogP contribution in [0.4, 0.5) is 11.6 Å². The van der Waals surface area contributed by atoms with Crippen LogP contribution >= 0.6 is 0 Å². The Morgan fingerprint density at radius 3 is 2.82 bits per heavy atom. The third-order valence-corrected chi connectivity index (χ3v) is 4.20. The highest BCUT2D eigenvalue weighted by molar-refractivity contribution is 7.91. The number of hydrogen-bond donors (Lipinski definition) is 2. The minimum absolute atomic E-state index is 0.121. The fourth-order valence-electron chi connectivity index (χ4n) is 1.68. The van der Waals surface area contributed by atoms with Gasteiger partial charge in [-0.1, -0.05) is 0 Å². The molecule has 1 unspecified atom stereocenters. The number of aromatic nitrogens is 2. The predicted octanol–water partition coefficient (Wildman–Crippen LogP) is -0.0314. The van der Waals surface area contributed by atoms with Crippen molar-refractivity contribution in [1.29, 1.82) is 5.26 Å². The van der Waals surface area contributed by atoms with E-state index in [2.05, 4.69) is 20.6 Å². The topological polar surface area (TPSA) is 108 Å². The first-order valence-electron chi connectivity index (χ1n) is 5.03. The maximum absolute atomic E-state index is 11.3. The van der Waals surface area contributed by atoms with Crippen molar-refractivity contribution in [3.05, 3.63) is 12.4 Å². The molecule has 0 amide bonds. The van der Waals surface area contributed by atoms with Crippen molar-refractivity contribution in [2.24, 2.45) is 0 Å². The van der Waals surface area contributed by atoms with E-state index >= 15 is 0 Å². The number of sulfone groups is 1. The Morgan fingerprint density at radius 2 is 2.18 bits per heavy atom. The van der Waals surface area contributed by atoms with Crippen LogP contribution in [-0.2, 0) is 9.84 Å². The van der Waals surface area contributed by atoms with Crippen molar-refractivity contribution < 1.29 is 8.42 Å². The van der Waals surface area contributed by atoms with Crippen LogP contribution in [0.25, 0.3) is 0 Å². The number of nitrogens with zero attached hydrogens (tertiary/aromatic N) is 3. The fraction of sp³-hybridized carbons (Fsp3) is 0.444. The highest BCUT2D eigenvalue weighted by Crippen LogP contribution is 2.17. The average Bonchev–Trinajstić information content (AvgIpc) is 2.59. The van der Waals surface area contributed by atoms with Gasteiger partial charge in [0.05, 0.1) is 11.5 Å². The molecule has 0 saturated carbocycles. The van der Waals surface area contributed by atoms with E-state index in [1.54, 1.807) is 12.3 Å². The number of nitrogens with one attached hydrogen (secondary N) is 2. The van der Waals surface area contributed by atoms with Crippen LogP contribution in [0.1, 0.15) is 6.42 Å². The molecule has 0 bridgehead atoms. The minimum atomic E-state index is -2.91. The van der Waals surface area contributed by atoms with E-state index in [9.17, 15) is 8.42 Å². The van der Waals surface area contributed by atoms with Crippen molar-refractivity contribution in [1.82, 2.24) is 9.97 Å². The number of rotatable bonds is 3. The van der Waals surface area contributed by atoms with Gasteiger partial charge in [-0.25, -0.2) is 18.4 Å². The van der Waals surface area contributed by atoms with E-state index in [4.69, 9.17) is 5.26 Å². The van der Waals surface area contributed by atoms with Crippen molar-refractivity contribution in [2.45, 2.75) is 12.5 Å². The van der Waals surface area contributed by atoms with Gasteiger partial charge in [-0.05, 0) is 6.42 Å². The summed E-state index contributed by atoms with van der Waals surface area (Å²) in [6.45, 7) is 0. The first-order chi connectivity index (χ1) is 8.09. The quantitative estimate of drug-likeness (QED) is 0.575. The molecule has 8 heteroatoms. The molecule has 0 radical (unpaired) electrons. The van der Waals surface area contributed by atoms with Gasteiger partial charge in [0.15, 0.2) is 16.0 Å². The molecule has 7 nitrogen and oxygen atoms in total. The van der Waals surface area contributed by atoms with Crippen LogP contribution in [0, 0.1) is 11.5 Å². The Labute approximate surface area is 98.8 Å². The molecule has 17 heavy (non-hydrogen) atoms. The number of nitriles is 1. The van der Waals surface area contributed by atoms with Gasteiger partial charge in [0.1, 0.15) is 18.0 Å². The third kappa shape index (κ3) is 3.04. The lowest BCUT2D eigenvalue weighted by atomic mass is 10.2. The van der Waals surface area contributed by atoms with Crippen molar-refractivity contribution in [3.63, 3.8) is 0 Å². The SMILES string of the molecule is N#CNc1cc(NC2CCS(=O)(=O)C2)ncn1. The number of anilines is 2. The second-order valence-corrected chi connectivity index (χ2v) is 6.00. The first kappa shape index (κ1) is 11.6. The van der Waals surface area contributed by atoms with Gasteiger partial charge >= 0.3 is 0 Å². The monoisotopic (exact) mass is 253 g/mol. The first-order valence-corrected chi connectivity index (χ1v) is 6.85. The lowest BCUT2D eigenvalue weighted by Gasteiger charge is -2.11. The molecule has 1 aromatic heterocycles. The summed E-state index contributed by atoms with van der Waals surface area (Å²) >= 11 is 0. The molecule has 2 heterocycles. The third-order valence-electron chi connectivity index (χ3n) is 2.44. The summed E-state index contributed by atoms with van der Waals surface area (Å²) in [5.74, 6) is 1.22. The van der Waals surface area contributed by atoms with Gasteiger partial charge < -0.3 is 5.32 Å². The standard InChI is InChI=1S/C9H11N5O2S/c10-5-11-8-3-9(13-6-12-8)14-7-1-2-17(15,16)4-7/h3,6-7H,1-2,4H2,(H2,11,12,13,14). The lowest BCUT2D eigenvalue weighted by molar-refractivity contribution is 0.602. The molecule has 1 aliphatic rings. The lowest BCUT2D eigenvalue weighted by Crippen LogP contribution is -2.21. The van der Waals surface area contributed by atoms with E-state index in [1.807, 2.05) is 0 Å². The van der Waals surface area contributed by atoms with Gasteiger partial charge in [-0.15, -0.1) is 0 Å². The predicted molar refractivity (Wildman–Crippen MR) is 61.9 cm³/mol. The van der Waals surface area contributed by atoms with E-state index < -0.39 is 9.84 Å². The zero-order chi connectivity index (χ0) is 12.3. The molecule has 2 rings (SSSR count). The zero-order valence-corrected chi connectivity index (χ0v) is 9.74. The molecule has 1 aliphatic heterocycles. The molecule has 1 aromatic rings. The van der Waals surface area contributed by atoms with E-state index in [1.165, 1.54) is 6.33 Å². The Balaban J connectivity index is 2.05. The summed E-state index contributed by atoms with van der Waals surface area (Å²) in [5, 5.41) is 13.8. The normalized spacial score (nSPS) is 21.7. The molecule has 1 saturated heterocycles. The van der Waals surface area contributed by atoms with Crippen LogP contribution < -0.4 is 10.6 Å². The van der Waals surface area contributed by atoms with Crippen LogP contribution in [0.5, 0.6) is 0 Å². The highest BCUT2D eigenvalue weighted by Gasteiger charge is 2.27. The molecule has 0 aliphatic carbocycles. The van der Waals surface area contributed by atoms with Crippen LogP contribution in [-0.4, -0.2) is 35.9 Å². The zero-order valence-electron chi connectivity index (χ0n) is 8.92. The Bertz CT molecular complexity index is 551. The summed E-state index contributed by atoms with van der Waals surface area (Å²) in [7, 11) is -2.91. The van der Waals surface area contributed by atoms with Gasteiger partial charge in [-0.2, -0.15) is 5.26 Å². The summed E-state index contributed by atoms with van der Waals surface area (Å²) in [5.41, 5.74) is 0. The molecule has 0 spiro atoms. The molecule has 2 N–H and O–H groups in total. The van der Waals surface area contributed by atoms with Crippen LogP contribution in [0.15, 0.2) is 12.4 Å². The number of hydrogen-bond acceptors (Lipinski definition) is 7. The van der Waals surface area contributed by atoms with Crippen LogP contribution in [0.2, 0.25) is 0 Å². The van der Waals surface area contributed by atoms with Gasteiger partial charge in [-0.3, -0.25) is 5.32 Å². The maximum Gasteiger partial charge on any atom is 0.182 e. The average molecular weight is 253 g/mol.